The molecule has 3 aromatic rings. The van der Waals surface area contributed by atoms with Crippen molar-refractivity contribution in [3.8, 4) is 11.8 Å². The summed E-state index contributed by atoms with van der Waals surface area (Å²) < 4.78 is 44.6. The molecule has 0 heterocycles. The number of carbonyl (C=O) groups excluding carboxylic acids is 1. The Kier molecular flexibility index (Phi) is 8.11. The highest BCUT2D eigenvalue weighted by Crippen LogP contribution is 2.31. The zero-order valence-corrected chi connectivity index (χ0v) is 19.4. The Morgan fingerprint density at radius 3 is 2.41 bits per heavy atom. The summed E-state index contributed by atoms with van der Waals surface area (Å²) in [4.78, 5) is 12.6. The number of alkyl halides is 3. The Hall–Kier alpha value is -3.18. The van der Waals surface area contributed by atoms with Gasteiger partial charge in [-0.05, 0) is 54.6 Å². The summed E-state index contributed by atoms with van der Waals surface area (Å²) in [6, 6.07) is 15.3. The number of hydrogen-bond donors (Lipinski definition) is 1. The second-order valence-corrected chi connectivity index (χ2v) is 8.19. The van der Waals surface area contributed by atoms with E-state index in [0.29, 0.717) is 31.9 Å². The van der Waals surface area contributed by atoms with E-state index in [0.717, 1.165) is 18.2 Å². The molecule has 0 fully saturated rings. The first kappa shape index (κ1) is 25.4. The molecular formula is C24H14Cl3F3N2O2. The summed E-state index contributed by atoms with van der Waals surface area (Å²) in [6.07, 6.45) is -3.34. The van der Waals surface area contributed by atoms with Crippen LogP contribution in [0.2, 0.25) is 15.1 Å². The van der Waals surface area contributed by atoms with Crippen LogP contribution < -0.4 is 10.1 Å². The van der Waals surface area contributed by atoms with Gasteiger partial charge in [-0.25, -0.2) is 0 Å². The molecule has 1 amide bonds. The molecule has 0 saturated heterocycles. The third-order valence-electron chi connectivity index (χ3n) is 4.48. The summed E-state index contributed by atoms with van der Waals surface area (Å²) in [6.45, 7) is 0.0663. The number of nitriles is 1. The van der Waals surface area contributed by atoms with E-state index in [1.54, 1.807) is 36.4 Å². The molecule has 3 aromatic carbocycles. The van der Waals surface area contributed by atoms with Crippen LogP contribution in [0.1, 0.15) is 16.7 Å². The average molecular weight is 526 g/mol. The summed E-state index contributed by atoms with van der Waals surface area (Å²) in [5.74, 6) is -0.594. The number of benzene rings is 3. The molecule has 10 heteroatoms. The van der Waals surface area contributed by atoms with Crippen molar-refractivity contribution in [1.29, 1.82) is 5.26 Å². The molecule has 0 aromatic heterocycles. The number of ether oxygens (including phenoxy) is 1. The van der Waals surface area contributed by atoms with Gasteiger partial charge in [0.1, 0.15) is 24.0 Å². The standard InChI is InChI=1S/C24H14Cl3F3N2O2/c25-18-6-7-22(34-13-14-4-5-19(26)11-21(14)27)15(9-18)8-16(12-31)23(33)32-20-3-1-2-17(10-20)24(28,29)30/h1-11H,13H2,(H,32,33)/b16-8+. The number of anilines is 1. The number of hydrogen-bond acceptors (Lipinski definition) is 3. The van der Waals surface area contributed by atoms with E-state index in [1.807, 2.05) is 0 Å². The van der Waals surface area contributed by atoms with Crippen LogP contribution in [0.4, 0.5) is 18.9 Å². The lowest BCUT2D eigenvalue weighted by Crippen LogP contribution is -2.14. The third kappa shape index (κ3) is 6.67. The van der Waals surface area contributed by atoms with Crippen molar-refractivity contribution < 1.29 is 22.7 Å². The number of halogens is 6. The highest BCUT2D eigenvalue weighted by Gasteiger charge is 2.30. The van der Waals surface area contributed by atoms with Crippen LogP contribution in [0, 0.1) is 11.3 Å². The molecular weight excluding hydrogens is 512 g/mol. The predicted molar refractivity (Wildman–Crippen MR) is 126 cm³/mol. The summed E-state index contributed by atoms with van der Waals surface area (Å²) in [7, 11) is 0. The Morgan fingerprint density at radius 1 is 1.03 bits per heavy atom. The predicted octanol–water partition coefficient (Wildman–Crippen LogP) is 7.79. The number of rotatable bonds is 6. The minimum absolute atomic E-state index is 0.0663. The van der Waals surface area contributed by atoms with Crippen LogP contribution in [0.3, 0.4) is 0 Å². The molecule has 0 aliphatic heterocycles. The largest absolute Gasteiger partial charge is 0.488 e. The molecule has 0 aliphatic rings. The van der Waals surface area contributed by atoms with Gasteiger partial charge in [-0.2, -0.15) is 18.4 Å². The van der Waals surface area contributed by atoms with E-state index in [2.05, 4.69) is 5.32 Å². The third-order valence-corrected chi connectivity index (χ3v) is 5.30. The highest BCUT2D eigenvalue weighted by atomic mass is 35.5. The first-order valence-electron chi connectivity index (χ1n) is 9.53. The molecule has 0 bridgehead atoms. The van der Waals surface area contributed by atoms with Crippen molar-refractivity contribution in [3.63, 3.8) is 0 Å². The van der Waals surface area contributed by atoms with Gasteiger partial charge in [0.2, 0.25) is 0 Å². The van der Waals surface area contributed by atoms with E-state index >= 15 is 0 Å². The highest BCUT2D eigenvalue weighted by molar-refractivity contribution is 6.35. The van der Waals surface area contributed by atoms with Gasteiger partial charge in [0.25, 0.3) is 5.91 Å². The van der Waals surface area contributed by atoms with Crippen LogP contribution in [-0.4, -0.2) is 5.91 Å². The van der Waals surface area contributed by atoms with Crippen LogP contribution >= 0.6 is 34.8 Å². The van der Waals surface area contributed by atoms with Crippen LogP contribution in [0.5, 0.6) is 5.75 Å². The zero-order valence-electron chi connectivity index (χ0n) is 17.1. The fourth-order valence-electron chi connectivity index (χ4n) is 2.83. The zero-order chi connectivity index (χ0) is 24.9. The first-order chi connectivity index (χ1) is 16.1. The van der Waals surface area contributed by atoms with Gasteiger partial charge >= 0.3 is 6.18 Å². The van der Waals surface area contributed by atoms with Gasteiger partial charge in [0.05, 0.1) is 5.56 Å². The van der Waals surface area contributed by atoms with E-state index in [9.17, 15) is 23.2 Å². The second kappa shape index (κ2) is 10.8. The minimum Gasteiger partial charge on any atom is -0.488 e. The van der Waals surface area contributed by atoms with Crippen molar-refractivity contribution in [3.05, 3.63) is 98.0 Å². The van der Waals surface area contributed by atoms with Crippen molar-refractivity contribution in [1.82, 2.24) is 0 Å². The number of amides is 1. The molecule has 3 rings (SSSR count). The molecule has 0 aliphatic carbocycles. The minimum atomic E-state index is -4.57. The van der Waals surface area contributed by atoms with E-state index < -0.39 is 17.6 Å². The normalized spacial score (nSPS) is 11.6. The average Bonchev–Trinajstić information content (AvgIpc) is 2.77. The van der Waals surface area contributed by atoms with Crippen LogP contribution in [0.15, 0.2) is 66.2 Å². The summed E-state index contributed by atoms with van der Waals surface area (Å²) >= 11 is 18.1. The monoisotopic (exact) mass is 524 g/mol. The molecule has 174 valence electrons. The quantitative estimate of drug-likeness (QED) is 0.264. The Labute approximate surface area is 208 Å². The van der Waals surface area contributed by atoms with Crippen molar-refractivity contribution in [2.75, 3.05) is 5.32 Å². The van der Waals surface area contributed by atoms with E-state index in [-0.39, 0.29) is 17.9 Å². The fraction of sp³-hybridized carbons (Fsp3) is 0.0833. The first-order valence-corrected chi connectivity index (χ1v) is 10.7. The molecule has 4 nitrogen and oxygen atoms in total. The lowest BCUT2D eigenvalue weighted by Gasteiger charge is -2.12. The lowest BCUT2D eigenvalue weighted by molar-refractivity contribution is -0.137. The Bertz CT molecular complexity index is 1300. The SMILES string of the molecule is N#C/C(=C\c1cc(Cl)ccc1OCc1ccc(Cl)cc1Cl)C(=O)Nc1cccc(C(F)(F)F)c1. The maximum absolute atomic E-state index is 12.9. The van der Waals surface area contributed by atoms with Gasteiger partial charge in [0, 0.05) is 31.9 Å². The van der Waals surface area contributed by atoms with Gasteiger partial charge in [0.15, 0.2) is 0 Å². The van der Waals surface area contributed by atoms with Crippen molar-refractivity contribution in [2.24, 2.45) is 0 Å². The fourth-order valence-corrected chi connectivity index (χ4v) is 3.48. The van der Waals surface area contributed by atoms with Gasteiger partial charge in [-0.1, -0.05) is 46.9 Å². The maximum atomic E-state index is 12.9. The molecule has 0 saturated carbocycles. The van der Waals surface area contributed by atoms with E-state index in [4.69, 9.17) is 39.5 Å². The number of nitrogens with zero attached hydrogens (tertiary/aromatic N) is 1. The molecule has 0 radical (unpaired) electrons. The lowest BCUT2D eigenvalue weighted by atomic mass is 10.1. The summed E-state index contributed by atoms with van der Waals surface area (Å²) in [5.41, 5.74) is -0.443. The molecule has 34 heavy (non-hydrogen) atoms. The number of carbonyl (C=O) groups is 1. The topological polar surface area (TPSA) is 62.1 Å². The molecule has 0 unspecified atom stereocenters. The van der Waals surface area contributed by atoms with Crippen LogP contribution in [0.25, 0.3) is 6.08 Å². The van der Waals surface area contributed by atoms with Gasteiger partial charge in [-0.3, -0.25) is 4.79 Å². The van der Waals surface area contributed by atoms with Crippen LogP contribution in [-0.2, 0) is 17.6 Å². The van der Waals surface area contributed by atoms with Crippen molar-refractivity contribution in [2.45, 2.75) is 12.8 Å². The van der Waals surface area contributed by atoms with Gasteiger partial charge in [-0.15, -0.1) is 0 Å². The van der Waals surface area contributed by atoms with E-state index in [1.165, 1.54) is 18.2 Å². The number of nitrogens with one attached hydrogen (secondary N) is 1. The smallest absolute Gasteiger partial charge is 0.416 e. The molecule has 0 atom stereocenters. The Balaban J connectivity index is 1.84. The van der Waals surface area contributed by atoms with Crippen molar-refractivity contribution >= 4 is 52.5 Å². The summed E-state index contributed by atoms with van der Waals surface area (Å²) in [5, 5.41) is 13.0. The van der Waals surface area contributed by atoms with Gasteiger partial charge < -0.3 is 10.1 Å². The molecule has 1 N–H and O–H groups in total. The maximum Gasteiger partial charge on any atom is 0.416 e. The Morgan fingerprint density at radius 2 is 1.74 bits per heavy atom. The second-order valence-electron chi connectivity index (χ2n) is 6.91. The molecule has 0 spiro atoms.